The highest BCUT2D eigenvalue weighted by atomic mass is 35.5. The molecule has 9 heteroatoms. The maximum absolute atomic E-state index is 12.6. The first-order chi connectivity index (χ1) is 11.9. The molecule has 1 aliphatic rings. The lowest BCUT2D eigenvalue weighted by atomic mass is 10.1. The topological polar surface area (TPSA) is 85.0 Å². The van der Waals surface area contributed by atoms with Crippen LogP contribution in [0.15, 0.2) is 30.3 Å². The van der Waals surface area contributed by atoms with E-state index in [1.807, 2.05) is 13.0 Å². The van der Waals surface area contributed by atoms with Gasteiger partial charge in [0, 0.05) is 6.07 Å². The number of nitrogens with one attached hydrogen (secondary N) is 1. The minimum Gasteiger partial charge on any atom is -0.313 e. The summed E-state index contributed by atoms with van der Waals surface area (Å²) in [6, 6.07) is 7.83. The normalized spacial score (nSPS) is 14.7. The van der Waals surface area contributed by atoms with Gasteiger partial charge < -0.3 is 4.90 Å². The fourth-order valence-electron chi connectivity index (χ4n) is 2.82. The molecule has 1 unspecified atom stereocenters. The van der Waals surface area contributed by atoms with E-state index < -0.39 is 16.7 Å². The van der Waals surface area contributed by atoms with Gasteiger partial charge >= 0.3 is 0 Å². The Morgan fingerprint density at radius 3 is 2.60 bits per heavy atom. The third kappa shape index (κ3) is 3.28. The van der Waals surface area contributed by atoms with Crippen LogP contribution in [0.1, 0.15) is 32.5 Å². The van der Waals surface area contributed by atoms with E-state index >= 15 is 0 Å². The van der Waals surface area contributed by atoms with Gasteiger partial charge in [-0.25, -0.2) is 4.90 Å². The van der Waals surface area contributed by atoms with E-state index in [2.05, 4.69) is 0 Å². The summed E-state index contributed by atoms with van der Waals surface area (Å²) in [4.78, 5) is 38.8. The summed E-state index contributed by atoms with van der Waals surface area (Å²) >= 11 is 7.39. The molecule has 3 rings (SSSR count). The molecule has 25 heavy (non-hydrogen) atoms. The van der Waals surface area contributed by atoms with Crippen LogP contribution in [0.25, 0.3) is 0 Å². The SMILES string of the molecule is CC[NH+](Cc1ccc(Cl)s1)CN1C(=O)c2cccc([N+](=O)[O-])c2C1=O. The van der Waals surface area contributed by atoms with Crippen molar-refractivity contribution in [3.63, 3.8) is 0 Å². The number of fused-ring (bicyclic) bond motifs is 1. The van der Waals surface area contributed by atoms with E-state index in [0.717, 1.165) is 14.7 Å². The van der Waals surface area contributed by atoms with Crippen molar-refractivity contribution in [2.75, 3.05) is 13.2 Å². The van der Waals surface area contributed by atoms with Crippen molar-refractivity contribution in [1.29, 1.82) is 0 Å². The molecule has 0 fully saturated rings. The fraction of sp³-hybridized carbons (Fsp3) is 0.250. The highest BCUT2D eigenvalue weighted by Gasteiger charge is 2.42. The Bertz CT molecular complexity index is 867. The van der Waals surface area contributed by atoms with E-state index in [-0.39, 0.29) is 23.5 Å². The monoisotopic (exact) mass is 380 g/mol. The van der Waals surface area contributed by atoms with Crippen LogP contribution >= 0.6 is 22.9 Å². The molecule has 0 aliphatic carbocycles. The zero-order chi connectivity index (χ0) is 18.1. The minimum absolute atomic E-state index is 0.0915. The molecule has 7 nitrogen and oxygen atoms in total. The van der Waals surface area contributed by atoms with Crippen molar-refractivity contribution in [2.45, 2.75) is 13.5 Å². The number of nitro benzene ring substituents is 1. The van der Waals surface area contributed by atoms with Crippen LogP contribution in [-0.4, -0.2) is 34.9 Å². The van der Waals surface area contributed by atoms with Crippen LogP contribution < -0.4 is 4.90 Å². The molecule has 1 aliphatic heterocycles. The second-order valence-electron chi connectivity index (χ2n) is 5.64. The number of hydrogen-bond acceptors (Lipinski definition) is 5. The first-order valence-corrected chi connectivity index (χ1v) is 8.83. The number of halogens is 1. The fourth-order valence-corrected chi connectivity index (χ4v) is 3.98. The number of nitrogens with zero attached hydrogens (tertiary/aromatic N) is 2. The predicted octanol–water partition coefficient (Wildman–Crippen LogP) is 1.97. The third-order valence-corrected chi connectivity index (χ3v) is 5.34. The number of nitro groups is 1. The van der Waals surface area contributed by atoms with Crippen LogP contribution in [-0.2, 0) is 6.54 Å². The van der Waals surface area contributed by atoms with Gasteiger partial charge in [-0.05, 0) is 25.1 Å². The highest BCUT2D eigenvalue weighted by Crippen LogP contribution is 2.30. The molecule has 2 amide bonds. The molecule has 0 spiro atoms. The molecule has 0 saturated heterocycles. The molecule has 0 radical (unpaired) electrons. The number of quaternary nitrogens is 1. The Morgan fingerprint density at radius 1 is 1.24 bits per heavy atom. The van der Waals surface area contributed by atoms with Crippen molar-refractivity contribution in [3.05, 3.63) is 60.8 Å². The van der Waals surface area contributed by atoms with Gasteiger partial charge in [-0.1, -0.05) is 17.7 Å². The number of carbonyl (C=O) groups is 2. The quantitative estimate of drug-likeness (QED) is 0.471. The third-order valence-electron chi connectivity index (χ3n) is 4.11. The molecule has 1 atom stereocenters. The second kappa shape index (κ2) is 6.91. The Kier molecular flexibility index (Phi) is 4.85. The number of hydrogen-bond donors (Lipinski definition) is 1. The van der Waals surface area contributed by atoms with Gasteiger partial charge in [0.05, 0.1) is 26.2 Å². The molecule has 1 aromatic carbocycles. The zero-order valence-electron chi connectivity index (χ0n) is 13.3. The summed E-state index contributed by atoms with van der Waals surface area (Å²) in [7, 11) is 0. The van der Waals surface area contributed by atoms with E-state index in [4.69, 9.17) is 11.6 Å². The molecular formula is C16H15ClN3O4S+. The Morgan fingerprint density at radius 2 is 2.00 bits per heavy atom. The summed E-state index contributed by atoms with van der Waals surface area (Å²) in [6.45, 7) is 3.40. The van der Waals surface area contributed by atoms with Gasteiger partial charge in [0.2, 0.25) is 0 Å². The van der Waals surface area contributed by atoms with Crippen molar-refractivity contribution < 1.29 is 19.4 Å². The maximum Gasteiger partial charge on any atom is 0.282 e. The summed E-state index contributed by atoms with van der Waals surface area (Å²) in [5.74, 6) is -1.10. The number of carbonyl (C=O) groups excluding carboxylic acids is 2. The molecule has 1 aromatic heterocycles. The number of thiophene rings is 1. The van der Waals surface area contributed by atoms with Crippen LogP contribution in [0, 0.1) is 10.1 Å². The lowest BCUT2D eigenvalue weighted by Gasteiger charge is -2.22. The van der Waals surface area contributed by atoms with Crippen LogP contribution in [0.5, 0.6) is 0 Å². The number of benzene rings is 1. The minimum atomic E-state index is -0.633. The lowest BCUT2D eigenvalue weighted by molar-refractivity contribution is -0.918. The maximum atomic E-state index is 12.6. The summed E-state index contributed by atoms with van der Waals surface area (Å²) in [6.07, 6.45) is 0. The van der Waals surface area contributed by atoms with E-state index in [0.29, 0.717) is 17.4 Å². The standard InChI is InChI=1S/C16H14ClN3O4S/c1-2-18(8-10-6-7-13(17)25-10)9-19-15(21)11-4-3-5-12(20(23)24)14(11)16(19)22/h3-7H,2,8-9H2,1H3/p+1. The molecule has 0 saturated carbocycles. The first kappa shape index (κ1) is 17.5. The van der Waals surface area contributed by atoms with E-state index in [9.17, 15) is 19.7 Å². The van der Waals surface area contributed by atoms with Crippen LogP contribution in [0.3, 0.4) is 0 Å². The van der Waals surface area contributed by atoms with Crippen molar-refractivity contribution in [2.24, 2.45) is 0 Å². The molecule has 2 aromatic rings. The van der Waals surface area contributed by atoms with Crippen LogP contribution in [0.2, 0.25) is 4.34 Å². The van der Waals surface area contributed by atoms with Gasteiger partial charge in [0.1, 0.15) is 12.1 Å². The Labute approximate surface area is 152 Å². The largest absolute Gasteiger partial charge is 0.313 e. The number of amides is 2. The average Bonchev–Trinajstić information content (AvgIpc) is 3.10. The molecular weight excluding hydrogens is 366 g/mol. The van der Waals surface area contributed by atoms with Gasteiger partial charge in [-0.3, -0.25) is 19.7 Å². The average molecular weight is 381 g/mol. The summed E-state index contributed by atoms with van der Waals surface area (Å²) < 4.78 is 0.682. The number of imide groups is 1. The highest BCUT2D eigenvalue weighted by molar-refractivity contribution is 7.16. The van der Waals surface area contributed by atoms with Gasteiger partial charge in [-0.2, -0.15) is 0 Å². The summed E-state index contributed by atoms with van der Waals surface area (Å²) in [5, 5.41) is 11.1. The van der Waals surface area contributed by atoms with Crippen molar-refractivity contribution in [3.8, 4) is 0 Å². The number of rotatable bonds is 6. The Balaban J connectivity index is 1.83. The van der Waals surface area contributed by atoms with Gasteiger partial charge in [0.15, 0.2) is 6.67 Å². The smallest absolute Gasteiger partial charge is 0.282 e. The Hall–Kier alpha value is -2.29. The lowest BCUT2D eigenvalue weighted by Crippen LogP contribution is -3.12. The zero-order valence-corrected chi connectivity index (χ0v) is 14.9. The van der Waals surface area contributed by atoms with Gasteiger partial charge in [-0.15, -0.1) is 11.3 Å². The van der Waals surface area contributed by atoms with E-state index in [1.54, 1.807) is 6.07 Å². The molecule has 1 N–H and O–H groups in total. The van der Waals surface area contributed by atoms with Crippen molar-refractivity contribution >= 4 is 40.4 Å². The van der Waals surface area contributed by atoms with Gasteiger partial charge in [0.25, 0.3) is 17.5 Å². The van der Waals surface area contributed by atoms with E-state index in [1.165, 1.54) is 29.5 Å². The molecule has 0 bridgehead atoms. The summed E-state index contributed by atoms with van der Waals surface area (Å²) in [5.41, 5.74) is -0.359. The first-order valence-electron chi connectivity index (χ1n) is 7.63. The van der Waals surface area contributed by atoms with Crippen molar-refractivity contribution in [1.82, 2.24) is 4.90 Å². The second-order valence-corrected chi connectivity index (χ2v) is 7.44. The predicted molar refractivity (Wildman–Crippen MR) is 93.0 cm³/mol. The molecule has 130 valence electrons. The molecule has 2 heterocycles. The van der Waals surface area contributed by atoms with Crippen LogP contribution in [0.4, 0.5) is 5.69 Å².